The quantitative estimate of drug-likeness (QED) is 0.692. The summed E-state index contributed by atoms with van der Waals surface area (Å²) in [5.74, 6) is -0.271. The predicted molar refractivity (Wildman–Crippen MR) is 83.1 cm³/mol. The lowest BCUT2D eigenvalue weighted by Gasteiger charge is -2.17. The third-order valence-corrected chi connectivity index (χ3v) is 4.07. The van der Waals surface area contributed by atoms with Crippen molar-refractivity contribution in [3.63, 3.8) is 0 Å². The molecule has 5 nitrogen and oxygen atoms in total. The van der Waals surface area contributed by atoms with Gasteiger partial charge in [0.15, 0.2) is 0 Å². The molecule has 4 N–H and O–H groups in total. The summed E-state index contributed by atoms with van der Waals surface area (Å²) < 4.78 is 0. The maximum atomic E-state index is 12.3. The van der Waals surface area contributed by atoms with Gasteiger partial charge in [0.2, 0.25) is 0 Å². The Morgan fingerprint density at radius 2 is 2.05 bits per heavy atom. The van der Waals surface area contributed by atoms with Gasteiger partial charge >= 0.3 is 0 Å². The van der Waals surface area contributed by atoms with Crippen molar-refractivity contribution in [2.45, 2.75) is 6.04 Å². The second-order valence-corrected chi connectivity index (χ2v) is 5.51. The Hall–Kier alpha value is -2.60. The number of nitrogens with one attached hydrogen (secondary N) is 2. The number of hydrogen-bond acceptors (Lipinski definition) is 4. The molecule has 0 spiro atoms. The van der Waals surface area contributed by atoms with Crippen LogP contribution in [0.2, 0.25) is 0 Å². The smallest absolute Gasteiger partial charge is 0.272 e. The van der Waals surface area contributed by atoms with E-state index < -0.39 is 0 Å². The summed E-state index contributed by atoms with van der Waals surface area (Å²) in [7, 11) is 0. The number of amides is 1. The molecule has 2 heterocycles. The van der Waals surface area contributed by atoms with Gasteiger partial charge in [-0.3, -0.25) is 9.89 Å². The van der Waals surface area contributed by atoms with E-state index >= 15 is 0 Å². The SMILES string of the molecule is Nc1cn[nH]c1C(=O)NC(c1ccccc1)c1cccs1. The lowest BCUT2D eigenvalue weighted by atomic mass is 10.1. The number of carbonyl (C=O) groups excluding carboxylic acids is 1. The first-order chi connectivity index (χ1) is 10.3. The molecule has 3 rings (SSSR count). The first kappa shape index (κ1) is 13.4. The highest BCUT2D eigenvalue weighted by Gasteiger charge is 2.20. The van der Waals surface area contributed by atoms with Crippen molar-refractivity contribution in [1.82, 2.24) is 15.5 Å². The molecule has 106 valence electrons. The Morgan fingerprint density at radius 3 is 2.67 bits per heavy atom. The van der Waals surface area contributed by atoms with E-state index in [0.717, 1.165) is 10.4 Å². The van der Waals surface area contributed by atoms with Crippen LogP contribution in [0.5, 0.6) is 0 Å². The fourth-order valence-electron chi connectivity index (χ4n) is 2.10. The van der Waals surface area contributed by atoms with Crippen LogP contribution in [-0.2, 0) is 0 Å². The second kappa shape index (κ2) is 5.80. The van der Waals surface area contributed by atoms with Crippen molar-refractivity contribution in [2.24, 2.45) is 0 Å². The van der Waals surface area contributed by atoms with Gasteiger partial charge in [-0.15, -0.1) is 11.3 Å². The number of nitrogens with two attached hydrogens (primary N) is 1. The van der Waals surface area contributed by atoms with Gasteiger partial charge in [0, 0.05) is 4.88 Å². The maximum Gasteiger partial charge on any atom is 0.272 e. The molecule has 0 aliphatic carbocycles. The lowest BCUT2D eigenvalue weighted by molar-refractivity contribution is 0.0939. The minimum Gasteiger partial charge on any atom is -0.396 e. The van der Waals surface area contributed by atoms with Crippen molar-refractivity contribution in [3.8, 4) is 0 Å². The van der Waals surface area contributed by atoms with Crippen LogP contribution in [0.3, 0.4) is 0 Å². The third kappa shape index (κ3) is 2.80. The normalized spacial score (nSPS) is 12.0. The zero-order valence-electron chi connectivity index (χ0n) is 11.1. The van der Waals surface area contributed by atoms with Crippen LogP contribution in [-0.4, -0.2) is 16.1 Å². The average molecular weight is 298 g/mol. The second-order valence-electron chi connectivity index (χ2n) is 4.53. The molecular formula is C15H14N4OS. The predicted octanol–water partition coefficient (Wildman–Crippen LogP) is 2.57. The fraction of sp³-hybridized carbons (Fsp3) is 0.0667. The number of anilines is 1. The number of nitrogens with zero attached hydrogens (tertiary/aromatic N) is 1. The highest BCUT2D eigenvalue weighted by molar-refractivity contribution is 7.10. The minimum absolute atomic E-state index is 0.207. The van der Waals surface area contributed by atoms with E-state index in [1.807, 2.05) is 47.8 Å². The molecule has 1 aromatic carbocycles. The number of hydrogen-bond donors (Lipinski definition) is 3. The summed E-state index contributed by atoms with van der Waals surface area (Å²) in [4.78, 5) is 13.4. The van der Waals surface area contributed by atoms with Crippen LogP contribution < -0.4 is 11.1 Å². The lowest BCUT2D eigenvalue weighted by Crippen LogP contribution is -2.29. The average Bonchev–Trinajstić information content (AvgIpc) is 3.17. The minimum atomic E-state index is -0.271. The molecule has 0 saturated carbocycles. The molecule has 0 bridgehead atoms. The summed E-state index contributed by atoms with van der Waals surface area (Å²) in [6.07, 6.45) is 1.43. The standard InChI is InChI=1S/C15H14N4OS/c16-11-9-17-19-14(11)15(20)18-13(12-7-4-8-21-12)10-5-2-1-3-6-10/h1-9,13H,16H2,(H,17,19)(H,18,20). The summed E-state index contributed by atoms with van der Waals surface area (Å²) in [5.41, 5.74) is 7.37. The number of aromatic nitrogens is 2. The molecule has 1 atom stereocenters. The van der Waals surface area contributed by atoms with Crippen molar-refractivity contribution in [2.75, 3.05) is 5.73 Å². The summed E-state index contributed by atoms with van der Waals surface area (Å²) in [6, 6.07) is 13.6. The fourth-order valence-corrected chi connectivity index (χ4v) is 2.90. The van der Waals surface area contributed by atoms with Crippen molar-refractivity contribution >= 4 is 22.9 Å². The van der Waals surface area contributed by atoms with E-state index in [4.69, 9.17) is 5.73 Å². The van der Waals surface area contributed by atoms with Gasteiger partial charge < -0.3 is 11.1 Å². The van der Waals surface area contributed by atoms with Gasteiger partial charge in [-0.25, -0.2) is 0 Å². The number of benzene rings is 1. The van der Waals surface area contributed by atoms with E-state index in [1.165, 1.54) is 6.20 Å². The Labute approximate surface area is 125 Å². The van der Waals surface area contributed by atoms with Crippen LogP contribution in [0.25, 0.3) is 0 Å². The molecule has 2 aromatic heterocycles. The molecule has 21 heavy (non-hydrogen) atoms. The highest BCUT2D eigenvalue weighted by Crippen LogP contribution is 2.26. The van der Waals surface area contributed by atoms with Crippen LogP contribution in [0.15, 0.2) is 54.0 Å². The van der Waals surface area contributed by atoms with Crippen molar-refractivity contribution in [1.29, 1.82) is 0 Å². The Bertz CT molecular complexity index is 721. The van der Waals surface area contributed by atoms with Gasteiger partial charge in [-0.2, -0.15) is 5.10 Å². The molecule has 0 radical (unpaired) electrons. The monoisotopic (exact) mass is 298 g/mol. The summed E-state index contributed by atoms with van der Waals surface area (Å²) >= 11 is 1.60. The number of H-pyrrole nitrogens is 1. The van der Waals surface area contributed by atoms with E-state index in [0.29, 0.717) is 5.69 Å². The Morgan fingerprint density at radius 1 is 1.24 bits per heavy atom. The Kier molecular flexibility index (Phi) is 3.70. The number of thiophene rings is 1. The molecule has 0 saturated heterocycles. The van der Waals surface area contributed by atoms with Gasteiger partial charge in [-0.05, 0) is 17.0 Å². The summed E-state index contributed by atoms with van der Waals surface area (Å²) in [6.45, 7) is 0. The van der Waals surface area contributed by atoms with Crippen LogP contribution >= 0.6 is 11.3 Å². The molecule has 0 fully saturated rings. The van der Waals surface area contributed by atoms with Gasteiger partial charge in [-0.1, -0.05) is 36.4 Å². The van der Waals surface area contributed by atoms with Crippen LogP contribution in [0, 0.1) is 0 Å². The molecule has 6 heteroatoms. The topological polar surface area (TPSA) is 83.8 Å². The number of rotatable bonds is 4. The molecule has 1 unspecified atom stereocenters. The number of carbonyl (C=O) groups is 1. The summed E-state index contributed by atoms with van der Waals surface area (Å²) in [5, 5.41) is 11.4. The van der Waals surface area contributed by atoms with Crippen molar-refractivity contribution < 1.29 is 4.79 Å². The molecule has 0 aliphatic rings. The van der Waals surface area contributed by atoms with Gasteiger partial charge in [0.1, 0.15) is 5.69 Å². The first-order valence-corrected chi connectivity index (χ1v) is 7.31. The largest absolute Gasteiger partial charge is 0.396 e. The number of aromatic amines is 1. The zero-order chi connectivity index (χ0) is 14.7. The van der Waals surface area contributed by atoms with E-state index in [2.05, 4.69) is 15.5 Å². The molecule has 3 aromatic rings. The van der Waals surface area contributed by atoms with Gasteiger partial charge in [0.05, 0.1) is 17.9 Å². The third-order valence-electron chi connectivity index (χ3n) is 3.13. The highest BCUT2D eigenvalue weighted by atomic mass is 32.1. The zero-order valence-corrected chi connectivity index (χ0v) is 11.9. The molecule has 1 amide bonds. The van der Waals surface area contributed by atoms with E-state index in [9.17, 15) is 4.79 Å². The number of nitrogen functional groups attached to an aromatic ring is 1. The molecule has 0 aliphatic heterocycles. The Balaban J connectivity index is 1.91. The van der Waals surface area contributed by atoms with Crippen LogP contribution in [0.1, 0.15) is 27.0 Å². The van der Waals surface area contributed by atoms with E-state index in [-0.39, 0.29) is 17.6 Å². The molecular weight excluding hydrogens is 284 g/mol. The maximum absolute atomic E-state index is 12.3. The van der Waals surface area contributed by atoms with E-state index in [1.54, 1.807) is 11.3 Å². The van der Waals surface area contributed by atoms with Crippen molar-refractivity contribution in [3.05, 3.63) is 70.2 Å². The van der Waals surface area contributed by atoms with Crippen LogP contribution in [0.4, 0.5) is 5.69 Å². The van der Waals surface area contributed by atoms with Gasteiger partial charge in [0.25, 0.3) is 5.91 Å². The first-order valence-electron chi connectivity index (χ1n) is 6.44.